The zero-order valence-corrected chi connectivity index (χ0v) is 14.8. The SMILES string of the molecule is CC(C)(C)n1nc(C2CC2)cc1C(=O)NCc1ccc2c(c1)OCO2. The highest BCUT2D eigenvalue weighted by atomic mass is 16.7. The molecule has 1 saturated carbocycles. The second-order valence-electron chi connectivity index (χ2n) is 7.68. The topological polar surface area (TPSA) is 65.4 Å². The molecule has 0 spiro atoms. The number of aromatic nitrogens is 2. The molecule has 132 valence electrons. The van der Waals surface area contributed by atoms with E-state index in [4.69, 9.17) is 9.47 Å². The third kappa shape index (κ3) is 3.21. The lowest BCUT2D eigenvalue weighted by Gasteiger charge is -2.22. The number of hydrogen-bond acceptors (Lipinski definition) is 4. The van der Waals surface area contributed by atoms with Crippen LogP contribution in [0.4, 0.5) is 0 Å². The molecule has 4 rings (SSSR count). The number of amides is 1. The van der Waals surface area contributed by atoms with E-state index >= 15 is 0 Å². The van der Waals surface area contributed by atoms with Gasteiger partial charge in [0.1, 0.15) is 5.69 Å². The van der Waals surface area contributed by atoms with Gasteiger partial charge in [0.2, 0.25) is 6.79 Å². The van der Waals surface area contributed by atoms with E-state index in [9.17, 15) is 4.79 Å². The minimum Gasteiger partial charge on any atom is -0.454 e. The Kier molecular flexibility index (Phi) is 3.71. The molecule has 1 aromatic heterocycles. The summed E-state index contributed by atoms with van der Waals surface area (Å²) in [4.78, 5) is 12.7. The molecule has 0 bridgehead atoms. The van der Waals surface area contributed by atoms with Crippen LogP contribution < -0.4 is 14.8 Å². The molecule has 0 atom stereocenters. The highest BCUT2D eigenvalue weighted by Gasteiger charge is 2.31. The lowest BCUT2D eigenvalue weighted by molar-refractivity contribution is 0.0932. The van der Waals surface area contributed by atoms with Crippen molar-refractivity contribution in [3.05, 3.63) is 41.2 Å². The number of ether oxygens (including phenoxy) is 2. The first kappa shape index (κ1) is 16.0. The molecule has 25 heavy (non-hydrogen) atoms. The predicted molar refractivity (Wildman–Crippen MR) is 92.9 cm³/mol. The first-order chi connectivity index (χ1) is 11.9. The maximum atomic E-state index is 12.7. The van der Waals surface area contributed by atoms with Gasteiger partial charge in [-0.1, -0.05) is 6.07 Å². The largest absolute Gasteiger partial charge is 0.454 e. The standard InChI is InChI=1S/C19H23N3O3/c1-19(2,3)22-15(9-14(21-22)13-5-6-13)18(23)20-10-12-4-7-16-17(8-12)25-11-24-16/h4,7-9,13H,5-6,10-11H2,1-3H3,(H,20,23). The molecular formula is C19H23N3O3. The van der Waals surface area contributed by atoms with Gasteiger partial charge < -0.3 is 14.8 Å². The molecule has 1 fully saturated rings. The van der Waals surface area contributed by atoms with Gasteiger partial charge in [-0.25, -0.2) is 0 Å². The van der Waals surface area contributed by atoms with Crippen LogP contribution in [0.5, 0.6) is 11.5 Å². The van der Waals surface area contributed by atoms with Crippen LogP contribution in [0.3, 0.4) is 0 Å². The number of carbonyl (C=O) groups excluding carboxylic acids is 1. The van der Waals surface area contributed by atoms with E-state index in [2.05, 4.69) is 31.2 Å². The molecule has 0 unspecified atom stereocenters. The van der Waals surface area contributed by atoms with Crippen molar-refractivity contribution in [3.63, 3.8) is 0 Å². The number of nitrogens with zero attached hydrogens (tertiary/aromatic N) is 2. The van der Waals surface area contributed by atoms with Crippen LogP contribution in [0, 0.1) is 0 Å². The second-order valence-corrected chi connectivity index (χ2v) is 7.68. The molecule has 0 radical (unpaired) electrons. The summed E-state index contributed by atoms with van der Waals surface area (Å²) in [7, 11) is 0. The van der Waals surface area contributed by atoms with Crippen molar-refractivity contribution in [2.75, 3.05) is 6.79 Å². The molecule has 1 N–H and O–H groups in total. The van der Waals surface area contributed by atoms with Gasteiger partial charge in [-0.15, -0.1) is 0 Å². The molecule has 1 aliphatic heterocycles. The van der Waals surface area contributed by atoms with E-state index in [0.717, 1.165) is 22.8 Å². The summed E-state index contributed by atoms with van der Waals surface area (Å²) < 4.78 is 12.5. The van der Waals surface area contributed by atoms with Crippen molar-refractivity contribution in [3.8, 4) is 11.5 Å². The number of fused-ring (bicyclic) bond motifs is 1. The van der Waals surface area contributed by atoms with Crippen LogP contribution >= 0.6 is 0 Å². The first-order valence-electron chi connectivity index (χ1n) is 8.69. The third-order valence-corrected chi connectivity index (χ3v) is 4.48. The number of carbonyl (C=O) groups is 1. The van der Waals surface area contributed by atoms with Crippen LogP contribution in [-0.2, 0) is 12.1 Å². The van der Waals surface area contributed by atoms with Crippen LogP contribution in [-0.4, -0.2) is 22.5 Å². The van der Waals surface area contributed by atoms with Gasteiger partial charge >= 0.3 is 0 Å². The third-order valence-electron chi connectivity index (χ3n) is 4.48. The smallest absolute Gasteiger partial charge is 0.269 e. The Morgan fingerprint density at radius 2 is 2.00 bits per heavy atom. The fraction of sp³-hybridized carbons (Fsp3) is 0.474. The number of nitrogens with one attached hydrogen (secondary N) is 1. The molecule has 2 heterocycles. The van der Waals surface area contributed by atoms with Gasteiger partial charge in [0.15, 0.2) is 11.5 Å². The van der Waals surface area contributed by atoms with Crippen molar-refractivity contribution in [1.82, 2.24) is 15.1 Å². The lowest BCUT2D eigenvalue weighted by atomic mass is 10.1. The fourth-order valence-electron chi connectivity index (χ4n) is 2.97. The Bertz CT molecular complexity index is 816. The minimum absolute atomic E-state index is 0.105. The van der Waals surface area contributed by atoms with E-state index in [1.165, 1.54) is 12.8 Å². The Labute approximate surface area is 147 Å². The molecule has 1 aromatic carbocycles. The van der Waals surface area contributed by atoms with Crippen LogP contribution in [0.25, 0.3) is 0 Å². The minimum atomic E-state index is -0.238. The summed E-state index contributed by atoms with van der Waals surface area (Å²) in [6.45, 7) is 6.87. The van der Waals surface area contributed by atoms with Crippen molar-refractivity contribution in [2.24, 2.45) is 0 Å². The zero-order chi connectivity index (χ0) is 17.6. The maximum absolute atomic E-state index is 12.7. The summed E-state index contributed by atoms with van der Waals surface area (Å²) >= 11 is 0. The maximum Gasteiger partial charge on any atom is 0.269 e. The Morgan fingerprint density at radius 3 is 2.72 bits per heavy atom. The van der Waals surface area contributed by atoms with E-state index in [1.807, 2.05) is 28.9 Å². The average Bonchev–Trinajstić information content (AvgIpc) is 3.13. The first-order valence-corrected chi connectivity index (χ1v) is 8.69. The van der Waals surface area contributed by atoms with Gasteiger partial charge in [0.25, 0.3) is 5.91 Å². The molecule has 6 nitrogen and oxygen atoms in total. The monoisotopic (exact) mass is 341 g/mol. The summed E-state index contributed by atoms with van der Waals surface area (Å²) in [5, 5.41) is 7.68. The fourth-order valence-corrected chi connectivity index (χ4v) is 2.97. The van der Waals surface area contributed by atoms with Crippen molar-refractivity contribution in [2.45, 2.75) is 51.6 Å². The van der Waals surface area contributed by atoms with Crippen LogP contribution in [0.15, 0.2) is 24.3 Å². The molecule has 6 heteroatoms. The van der Waals surface area contributed by atoms with E-state index in [0.29, 0.717) is 18.2 Å². The van der Waals surface area contributed by atoms with E-state index in [1.54, 1.807) is 0 Å². The van der Waals surface area contributed by atoms with E-state index < -0.39 is 0 Å². The second kappa shape index (κ2) is 5.79. The van der Waals surface area contributed by atoms with Crippen LogP contribution in [0.1, 0.15) is 61.3 Å². The normalized spacial score (nSPS) is 16.1. The van der Waals surface area contributed by atoms with E-state index in [-0.39, 0.29) is 18.2 Å². The summed E-state index contributed by atoms with van der Waals surface area (Å²) in [6.07, 6.45) is 2.33. The Balaban J connectivity index is 1.51. The van der Waals surface area contributed by atoms with Crippen molar-refractivity contribution >= 4 is 5.91 Å². The lowest BCUT2D eigenvalue weighted by Crippen LogP contribution is -2.32. The van der Waals surface area contributed by atoms with Crippen LogP contribution in [0.2, 0.25) is 0 Å². The molecule has 0 saturated heterocycles. The highest BCUT2D eigenvalue weighted by molar-refractivity contribution is 5.92. The van der Waals surface area contributed by atoms with Gasteiger partial charge in [-0.2, -0.15) is 5.10 Å². The van der Waals surface area contributed by atoms with Gasteiger partial charge in [0.05, 0.1) is 11.2 Å². The van der Waals surface area contributed by atoms with Gasteiger partial charge in [-0.05, 0) is 57.4 Å². The summed E-state index contributed by atoms with van der Waals surface area (Å²) in [6, 6.07) is 7.65. The average molecular weight is 341 g/mol. The Morgan fingerprint density at radius 1 is 1.24 bits per heavy atom. The molecule has 1 amide bonds. The highest BCUT2D eigenvalue weighted by Crippen LogP contribution is 2.40. The summed E-state index contributed by atoms with van der Waals surface area (Å²) in [5.74, 6) is 1.88. The predicted octanol–water partition coefficient (Wildman–Crippen LogP) is 3.17. The van der Waals surface area contributed by atoms with Gasteiger partial charge in [-0.3, -0.25) is 9.48 Å². The molecular weight excluding hydrogens is 318 g/mol. The molecule has 1 aliphatic carbocycles. The van der Waals surface area contributed by atoms with Gasteiger partial charge in [0, 0.05) is 12.5 Å². The summed E-state index contributed by atoms with van der Waals surface area (Å²) in [5.41, 5.74) is 2.39. The zero-order valence-electron chi connectivity index (χ0n) is 14.8. The van der Waals surface area contributed by atoms with Crippen molar-refractivity contribution in [1.29, 1.82) is 0 Å². The quantitative estimate of drug-likeness (QED) is 0.928. The number of rotatable bonds is 4. The molecule has 2 aliphatic rings. The number of hydrogen-bond donors (Lipinski definition) is 1. The number of benzene rings is 1. The molecule has 2 aromatic rings. The Hall–Kier alpha value is -2.50. The van der Waals surface area contributed by atoms with Crippen molar-refractivity contribution < 1.29 is 14.3 Å².